The first-order chi connectivity index (χ1) is 10.7. The van der Waals surface area contributed by atoms with E-state index in [0.717, 1.165) is 35.8 Å². The van der Waals surface area contributed by atoms with Crippen molar-refractivity contribution in [3.05, 3.63) is 69.8 Å². The summed E-state index contributed by atoms with van der Waals surface area (Å²) >= 11 is 1.52. The van der Waals surface area contributed by atoms with Crippen molar-refractivity contribution >= 4 is 17.4 Å². The summed E-state index contributed by atoms with van der Waals surface area (Å²) in [5.74, 6) is 0.743. The van der Waals surface area contributed by atoms with Gasteiger partial charge in [0.25, 0.3) is 5.69 Å². The summed E-state index contributed by atoms with van der Waals surface area (Å²) in [6, 6.07) is 15.7. The first kappa shape index (κ1) is 15.1. The van der Waals surface area contributed by atoms with Gasteiger partial charge in [-0.25, -0.2) is 0 Å². The zero-order valence-electron chi connectivity index (χ0n) is 12.3. The predicted molar refractivity (Wildman–Crippen MR) is 89.0 cm³/mol. The van der Waals surface area contributed by atoms with Gasteiger partial charge in [0.1, 0.15) is 0 Å². The lowest BCUT2D eigenvalue weighted by Crippen LogP contribution is -2.36. The lowest BCUT2D eigenvalue weighted by atomic mass is 10.1. The lowest BCUT2D eigenvalue weighted by Gasteiger charge is -2.30. The molecule has 114 valence electrons. The molecule has 0 bridgehead atoms. The monoisotopic (exact) mass is 314 g/mol. The molecule has 3 rings (SSSR count). The van der Waals surface area contributed by atoms with Gasteiger partial charge < -0.3 is 0 Å². The molecule has 0 unspecified atom stereocenters. The van der Waals surface area contributed by atoms with Crippen molar-refractivity contribution in [2.75, 3.05) is 13.1 Å². The highest BCUT2D eigenvalue weighted by molar-refractivity contribution is 7.98. The van der Waals surface area contributed by atoms with E-state index >= 15 is 0 Å². The summed E-state index contributed by atoms with van der Waals surface area (Å²) in [4.78, 5) is 14.1. The van der Waals surface area contributed by atoms with E-state index < -0.39 is 0 Å². The van der Waals surface area contributed by atoms with E-state index in [1.165, 1.54) is 23.7 Å². The van der Waals surface area contributed by atoms with Crippen LogP contribution in [0.4, 0.5) is 5.69 Å². The Morgan fingerprint density at radius 1 is 1.09 bits per heavy atom. The molecule has 0 radical (unpaired) electrons. The molecule has 2 aromatic rings. The Hall–Kier alpha value is -1.85. The molecule has 1 heterocycles. The number of rotatable bonds is 6. The van der Waals surface area contributed by atoms with Crippen molar-refractivity contribution in [2.45, 2.75) is 23.6 Å². The number of benzene rings is 2. The molecular formula is C17H18N2O2S. The van der Waals surface area contributed by atoms with Crippen LogP contribution in [-0.4, -0.2) is 22.9 Å². The number of nitro groups is 1. The molecule has 1 aliphatic rings. The third kappa shape index (κ3) is 3.67. The summed E-state index contributed by atoms with van der Waals surface area (Å²) in [5, 5.41) is 11.3. The van der Waals surface area contributed by atoms with Crippen molar-refractivity contribution in [1.29, 1.82) is 0 Å². The standard InChI is InChI=1S/C17H18N2O2S/c20-19(21)16-11-15(12-18-9-4-10-18)7-8-17(16)22-13-14-5-2-1-3-6-14/h1-3,5-8,11H,4,9-10,12-13H2. The Balaban J connectivity index is 1.73. The molecule has 0 spiro atoms. The fourth-order valence-electron chi connectivity index (χ4n) is 2.46. The van der Waals surface area contributed by atoms with Crippen molar-refractivity contribution in [3.8, 4) is 0 Å². The van der Waals surface area contributed by atoms with E-state index in [1.807, 2.05) is 42.5 Å². The van der Waals surface area contributed by atoms with E-state index in [0.29, 0.717) is 0 Å². The average Bonchev–Trinajstić information content (AvgIpc) is 2.50. The molecule has 4 nitrogen and oxygen atoms in total. The maximum Gasteiger partial charge on any atom is 0.283 e. The Morgan fingerprint density at radius 2 is 1.86 bits per heavy atom. The van der Waals surface area contributed by atoms with E-state index in [4.69, 9.17) is 0 Å². The van der Waals surface area contributed by atoms with Gasteiger partial charge in [0.15, 0.2) is 0 Å². The fourth-order valence-corrected chi connectivity index (χ4v) is 3.42. The van der Waals surface area contributed by atoms with Crippen LogP contribution in [-0.2, 0) is 12.3 Å². The van der Waals surface area contributed by atoms with Gasteiger partial charge in [0.05, 0.1) is 9.82 Å². The summed E-state index contributed by atoms with van der Waals surface area (Å²) in [5.41, 5.74) is 2.42. The number of nitrogens with zero attached hydrogens (tertiary/aromatic N) is 2. The number of likely N-dealkylation sites (tertiary alicyclic amines) is 1. The maximum atomic E-state index is 11.3. The Bertz CT molecular complexity index is 657. The summed E-state index contributed by atoms with van der Waals surface area (Å²) in [6.07, 6.45) is 1.23. The number of hydrogen-bond donors (Lipinski definition) is 0. The quantitative estimate of drug-likeness (QED) is 0.457. The van der Waals surface area contributed by atoms with Crippen LogP contribution in [0.25, 0.3) is 0 Å². The van der Waals surface area contributed by atoms with Crippen LogP contribution < -0.4 is 0 Å². The Kier molecular flexibility index (Phi) is 4.75. The highest BCUT2D eigenvalue weighted by atomic mass is 32.2. The molecule has 0 aliphatic carbocycles. The third-order valence-corrected chi connectivity index (χ3v) is 4.95. The van der Waals surface area contributed by atoms with Gasteiger partial charge in [-0.1, -0.05) is 36.4 Å². The molecular weight excluding hydrogens is 296 g/mol. The largest absolute Gasteiger partial charge is 0.299 e. The van der Waals surface area contributed by atoms with Gasteiger partial charge in [-0.3, -0.25) is 15.0 Å². The minimum Gasteiger partial charge on any atom is -0.299 e. The third-order valence-electron chi connectivity index (χ3n) is 3.81. The zero-order chi connectivity index (χ0) is 15.4. The van der Waals surface area contributed by atoms with E-state index in [2.05, 4.69) is 4.90 Å². The van der Waals surface area contributed by atoms with Crippen molar-refractivity contribution in [3.63, 3.8) is 0 Å². The predicted octanol–water partition coefficient (Wildman–Crippen LogP) is 4.09. The van der Waals surface area contributed by atoms with Gasteiger partial charge in [0, 0.05) is 18.4 Å². The van der Waals surface area contributed by atoms with Gasteiger partial charge >= 0.3 is 0 Å². The Morgan fingerprint density at radius 3 is 2.50 bits per heavy atom. The number of nitro benzene ring substituents is 1. The first-order valence-electron chi connectivity index (χ1n) is 7.39. The van der Waals surface area contributed by atoms with Gasteiger partial charge in [0.2, 0.25) is 0 Å². The van der Waals surface area contributed by atoms with Crippen LogP contribution >= 0.6 is 11.8 Å². The number of hydrogen-bond acceptors (Lipinski definition) is 4. The van der Waals surface area contributed by atoms with Crippen LogP contribution in [0.5, 0.6) is 0 Å². The molecule has 22 heavy (non-hydrogen) atoms. The summed E-state index contributed by atoms with van der Waals surface area (Å²) < 4.78 is 0. The molecule has 0 amide bonds. The normalized spacial score (nSPS) is 14.5. The fraction of sp³-hybridized carbons (Fsp3) is 0.294. The van der Waals surface area contributed by atoms with Crippen molar-refractivity contribution in [2.24, 2.45) is 0 Å². The van der Waals surface area contributed by atoms with Gasteiger partial charge in [-0.05, 0) is 36.7 Å². The highest BCUT2D eigenvalue weighted by Crippen LogP contribution is 2.32. The lowest BCUT2D eigenvalue weighted by molar-refractivity contribution is -0.387. The molecule has 5 heteroatoms. The summed E-state index contributed by atoms with van der Waals surface area (Å²) in [7, 11) is 0. The van der Waals surface area contributed by atoms with E-state index in [9.17, 15) is 10.1 Å². The van der Waals surface area contributed by atoms with Crippen LogP contribution in [0.15, 0.2) is 53.4 Å². The highest BCUT2D eigenvalue weighted by Gasteiger charge is 2.18. The maximum absolute atomic E-state index is 11.3. The van der Waals surface area contributed by atoms with Crippen LogP contribution in [0.3, 0.4) is 0 Å². The minimum atomic E-state index is -0.271. The minimum absolute atomic E-state index is 0.221. The molecule has 2 aromatic carbocycles. The molecule has 0 aromatic heterocycles. The Labute approximate surface area is 134 Å². The number of thioether (sulfide) groups is 1. The van der Waals surface area contributed by atoms with Gasteiger partial charge in [-0.2, -0.15) is 0 Å². The average molecular weight is 314 g/mol. The second-order valence-corrected chi connectivity index (χ2v) is 6.48. The van der Waals surface area contributed by atoms with Crippen LogP contribution in [0.2, 0.25) is 0 Å². The van der Waals surface area contributed by atoms with Crippen molar-refractivity contribution in [1.82, 2.24) is 4.90 Å². The molecule has 0 saturated carbocycles. The second kappa shape index (κ2) is 6.94. The SMILES string of the molecule is O=[N+]([O-])c1cc(CN2CCC2)ccc1SCc1ccccc1. The van der Waals surface area contributed by atoms with Crippen molar-refractivity contribution < 1.29 is 4.92 Å². The van der Waals surface area contributed by atoms with Crippen LogP contribution in [0, 0.1) is 10.1 Å². The summed E-state index contributed by atoms with van der Waals surface area (Å²) in [6.45, 7) is 3.00. The second-order valence-electron chi connectivity index (χ2n) is 5.46. The topological polar surface area (TPSA) is 46.4 Å². The smallest absolute Gasteiger partial charge is 0.283 e. The first-order valence-corrected chi connectivity index (χ1v) is 8.37. The van der Waals surface area contributed by atoms with Gasteiger partial charge in [-0.15, -0.1) is 11.8 Å². The molecule has 1 aliphatic heterocycles. The zero-order valence-corrected chi connectivity index (χ0v) is 13.1. The molecule has 1 saturated heterocycles. The van der Waals surface area contributed by atoms with Crippen LogP contribution in [0.1, 0.15) is 17.5 Å². The molecule has 0 atom stereocenters. The van der Waals surface area contributed by atoms with E-state index in [1.54, 1.807) is 6.07 Å². The molecule has 0 N–H and O–H groups in total. The molecule has 1 fully saturated rings. The van der Waals surface area contributed by atoms with E-state index in [-0.39, 0.29) is 10.6 Å².